The molecule has 0 aliphatic carbocycles. The zero-order valence-corrected chi connectivity index (χ0v) is 15.3. The van der Waals surface area contributed by atoms with E-state index in [1.54, 1.807) is 36.0 Å². The number of hydrogen-bond donors (Lipinski definition) is 2. The van der Waals surface area contributed by atoms with Crippen LogP contribution in [0.1, 0.15) is 26.5 Å². The molecule has 1 fully saturated rings. The highest BCUT2D eigenvalue weighted by atomic mass is 16.7. The molecule has 0 aromatic carbocycles. The number of aliphatic hydroxyl groups is 2. The topological polar surface area (TPSA) is 118 Å². The molecule has 26 heavy (non-hydrogen) atoms. The molecule has 2 aromatic rings. The fraction of sp³-hybridized carbons (Fsp3) is 0.625. The lowest BCUT2D eigenvalue weighted by atomic mass is 10.2. The van der Waals surface area contributed by atoms with Gasteiger partial charge in [0.1, 0.15) is 12.4 Å². The molecule has 3 heterocycles. The van der Waals surface area contributed by atoms with Crippen molar-refractivity contribution in [1.29, 1.82) is 0 Å². The number of ether oxygens (including phenoxy) is 2. The van der Waals surface area contributed by atoms with Crippen molar-refractivity contribution in [2.24, 2.45) is 4.99 Å². The fourth-order valence-corrected chi connectivity index (χ4v) is 2.85. The van der Waals surface area contributed by atoms with Crippen LogP contribution in [0.25, 0.3) is 11.2 Å². The van der Waals surface area contributed by atoms with Gasteiger partial charge in [0.25, 0.3) is 0 Å². The maximum atomic E-state index is 10.0. The zero-order valence-electron chi connectivity index (χ0n) is 15.3. The molecule has 1 aliphatic rings. The van der Waals surface area contributed by atoms with Gasteiger partial charge in [0.15, 0.2) is 29.0 Å². The first-order valence-corrected chi connectivity index (χ1v) is 8.33. The van der Waals surface area contributed by atoms with Crippen LogP contribution in [0.3, 0.4) is 0 Å². The highest BCUT2D eigenvalue weighted by molar-refractivity contribution is 5.82. The largest absolute Gasteiger partial charge is 0.394 e. The number of fused-ring (bicyclic) bond motifs is 1. The average molecular weight is 364 g/mol. The van der Waals surface area contributed by atoms with E-state index < -0.39 is 24.2 Å². The lowest BCUT2D eigenvalue weighted by Gasteiger charge is -2.27. The third-order valence-electron chi connectivity index (χ3n) is 3.81. The summed E-state index contributed by atoms with van der Waals surface area (Å²) < 4.78 is 13.3. The van der Waals surface area contributed by atoms with Gasteiger partial charge in [0, 0.05) is 20.5 Å². The Kier molecular flexibility index (Phi) is 5.19. The van der Waals surface area contributed by atoms with Crippen LogP contribution in [0.15, 0.2) is 17.6 Å². The minimum atomic E-state index is -1.33. The van der Waals surface area contributed by atoms with Crippen molar-refractivity contribution in [3.8, 4) is 0 Å². The Morgan fingerprint density at radius 2 is 2.19 bits per heavy atom. The summed E-state index contributed by atoms with van der Waals surface area (Å²) >= 11 is 0. The van der Waals surface area contributed by atoms with Gasteiger partial charge in [-0.25, -0.2) is 19.9 Å². The Morgan fingerprint density at radius 1 is 1.42 bits per heavy atom. The van der Waals surface area contributed by atoms with Crippen LogP contribution in [-0.4, -0.2) is 79.7 Å². The molecule has 3 atom stereocenters. The van der Waals surface area contributed by atoms with E-state index in [0.717, 1.165) is 0 Å². The van der Waals surface area contributed by atoms with Gasteiger partial charge in [-0.15, -0.1) is 0 Å². The standard InChI is InChI=1S/C16H24N6O4/c1-16(2,24)26-11-5-10(6-23)25-15(11)22-9-19-12-13(20-8-21(3)4)17-7-18-14(12)22/h7-11,15,23-24H,5-6H2,1-4H3/t10-,11+,15+/m0/s1. The van der Waals surface area contributed by atoms with E-state index in [-0.39, 0.29) is 6.61 Å². The first-order valence-electron chi connectivity index (χ1n) is 8.33. The van der Waals surface area contributed by atoms with E-state index >= 15 is 0 Å². The molecule has 1 aliphatic heterocycles. The molecule has 0 radical (unpaired) electrons. The second-order valence-corrected chi connectivity index (χ2v) is 6.90. The number of aliphatic imine (C=N–C) groups is 1. The van der Waals surface area contributed by atoms with Gasteiger partial charge in [0.2, 0.25) is 0 Å². The van der Waals surface area contributed by atoms with E-state index in [9.17, 15) is 10.2 Å². The lowest BCUT2D eigenvalue weighted by Crippen LogP contribution is -2.33. The Labute approximate surface area is 151 Å². The Morgan fingerprint density at radius 3 is 2.85 bits per heavy atom. The van der Waals surface area contributed by atoms with Gasteiger partial charge in [-0.05, 0) is 13.8 Å². The van der Waals surface area contributed by atoms with Crippen LogP contribution in [0.5, 0.6) is 0 Å². The van der Waals surface area contributed by atoms with Crippen LogP contribution in [0, 0.1) is 0 Å². The minimum absolute atomic E-state index is 0.137. The Hall–Kier alpha value is -2.14. The van der Waals surface area contributed by atoms with Crippen molar-refractivity contribution in [2.75, 3.05) is 20.7 Å². The molecular weight excluding hydrogens is 340 g/mol. The minimum Gasteiger partial charge on any atom is -0.394 e. The van der Waals surface area contributed by atoms with Crippen molar-refractivity contribution in [3.05, 3.63) is 12.7 Å². The quantitative estimate of drug-likeness (QED) is 0.431. The predicted molar refractivity (Wildman–Crippen MR) is 93.9 cm³/mol. The third-order valence-corrected chi connectivity index (χ3v) is 3.81. The van der Waals surface area contributed by atoms with E-state index in [1.165, 1.54) is 6.33 Å². The van der Waals surface area contributed by atoms with E-state index in [2.05, 4.69) is 19.9 Å². The SMILES string of the molecule is CN(C)C=Nc1ncnc2c1ncn2[C@@H]1O[C@H](CO)C[C@H]1OC(C)(C)O. The first-order chi connectivity index (χ1) is 12.3. The van der Waals surface area contributed by atoms with Gasteiger partial charge in [-0.2, -0.15) is 0 Å². The number of aliphatic hydroxyl groups excluding tert-OH is 1. The molecule has 142 valence electrons. The van der Waals surface area contributed by atoms with Crippen molar-refractivity contribution < 1.29 is 19.7 Å². The van der Waals surface area contributed by atoms with Crippen molar-refractivity contribution in [1.82, 2.24) is 24.4 Å². The third kappa shape index (κ3) is 3.98. The van der Waals surface area contributed by atoms with E-state index in [4.69, 9.17) is 9.47 Å². The molecule has 10 nitrogen and oxygen atoms in total. The Balaban J connectivity index is 1.97. The number of nitrogens with zero attached hydrogens (tertiary/aromatic N) is 6. The normalized spacial score (nSPS) is 24.0. The second kappa shape index (κ2) is 7.23. The van der Waals surface area contributed by atoms with E-state index in [0.29, 0.717) is 23.4 Å². The van der Waals surface area contributed by atoms with Gasteiger partial charge < -0.3 is 24.6 Å². The molecule has 0 amide bonds. The number of imidazole rings is 1. The highest BCUT2D eigenvalue weighted by Gasteiger charge is 2.40. The first kappa shape index (κ1) is 18.6. The molecule has 3 rings (SSSR count). The van der Waals surface area contributed by atoms with Crippen LogP contribution < -0.4 is 0 Å². The van der Waals surface area contributed by atoms with Gasteiger partial charge >= 0.3 is 0 Å². The lowest BCUT2D eigenvalue weighted by molar-refractivity contribution is -0.222. The molecule has 0 saturated carbocycles. The smallest absolute Gasteiger partial charge is 0.184 e. The molecule has 2 N–H and O–H groups in total. The van der Waals surface area contributed by atoms with Crippen molar-refractivity contribution in [3.63, 3.8) is 0 Å². The summed E-state index contributed by atoms with van der Waals surface area (Å²) in [5.74, 6) is -0.887. The van der Waals surface area contributed by atoms with Gasteiger partial charge in [-0.1, -0.05) is 0 Å². The summed E-state index contributed by atoms with van der Waals surface area (Å²) in [4.78, 5) is 18.9. The second-order valence-electron chi connectivity index (χ2n) is 6.90. The van der Waals surface area contributed by atoms with Crippen LogP contribution >= 0.6 is 0 Å². The average Bonchev–Trinajstić information content (AvgIpc) is 3.14. The Bertz CT molecular complexity index is 785. The summed E-state index contributed by atoms with van der Waals surface area (Å²) in [5, 5.41) is 19.5. The van der Waals surface area contributed by atoms with Crippen molar-refractivity contribution >= 4 is 23.3 Å². The number of aromatic nitrogens is 4. The highest BCUT2D eigenvalue weighted by Crippen LogP contribution is 2.35. The summed E-state index contributed by atoms with van der Waals surface area (Å²) in [5.41, 5.74) is 1.07. The fourth-order valence-electron chi connectivity index (χ4n) is 2.85. The number of hydrogen-bond acceptors (Lipinski definition) is 8. The summed E-state index contributed by atoms with van der Waals surface area (Å²) in [6, 6.07) is 0. The van der Waals surface area contributed by atoms with E-state index in [1.807, 2.05) is 14.1 Å². The van der Waals surface area contributed by atoms with Gasteiger partial charge in [-0.3, -0.25) is 4.57 Å². The molecule has 0 bridgehead atoms. The van der Waals surface area contributed by atoms with Crippen LogP contribution in [-0.2, 0) is 9.47 Å². The predicted octanol–water partition coefficient (Wildman–Crippen LogP) is 0.441. The van der Waals surface area contributed by atoms with Crippen molar-refractivity contribution in [2.45, 2.75) is 44.5 Å². The monoisotopic (exact) mass is 364 g/mol. The maximum Gasteiger partial charge on any atom is 0.184 e. The molecule has 0 spiro atoms. The maximum absolute atomic E-state index is 10.0. The molecule has 10 heteroatoms. The molecule has 0 unspecified atom stereocenters. The summed E-state index contributed by atoms with van der Waals surface area (Å²) in [6.07, 6.45) is 3.64. The summed E-state index contributed by atoms with van der Waals surface area (Å²) in [6.45, 7) is 2.97. The molecule has 1 saturated heterocycles. The van der Waals surface area contributed by atoms with Gasteiger partial charge in [0.05, 0.1) is 25.4 Å². The number of rotatable bonds is 6. The molecule has 2 aromatic heterocycles. The zero-order chi connectivity index (χ0) is 18.9. The summed E-state index contributed by atoms with van der Waals surface area (Å²) in [7, 11) is 3.72. The van der Waals surface area contributed by atoms with Crippen LogP contribution in [0.2, 0.25) is 0 Å². The van der Waals surface area contributed by atoms with Crippen LogP contribution in [0.4, 0.5) is 5.82 Å². The molecular formula is C16H24N6O4.